The van der Waals surface area contributed by atoms with Crippen LogP contribution >= 0.6 is 0 Å². The van der Waals surface area contributed by atoms with E-state index in [9.17, 15) is 14.9 Å². The Hall–Kier alpha value is -3.41. The number of ether oxygens (including phenoxy) is 3. The maximum atomic E-state index is 12.5. The van der Waals surface area contributed by atoms with Crippen molar-refractivity contribution in [1.82, 2.24) is 5.32 Å². The van der Waals surface area contributed by atoms with Crippen LogP contribution in [0.4, 0.5) is 5.69 Å². The molecule has 0 bridgehead atoms. The van der Waals surface area contributed by atoms with Gasteiger partial charge in [0.2, 0.25) is 0 Å². The van der Waals surface area contributed by atoms with Crippen LogP contribution in [0.1, 0.15) is 51.5 Å². The van der Waals surface area contributed by atoms with Crippen LogP contribution < -0.4 is 10.2 Å². The standard InChI is InChI=1S/C31H41N3O5/c1-3-24(2)19-30(35)39-18-17-38-16-15-37-14-11-33-31(36)28(23-32)21-25-7-8-27-22-29(10-9-26(27)20-25)34-12-5-4-6-13-34/h7-10,20-22,24H,3-6,11-19H2,1-2H3,(H,33,36)/b28-21+. The molecule has 1 saturated heterocycles. The Morgan fingerprint density at radius 3 is 2.44 bits per heavy atom. The monoisotopic (exact) mass is 535 g/mol. The number of carbonyl (C=O) groups is 2. The van der Waals surface area contributed by atoms with Crippen molar-refractivity contribution in [2.45, 2.75) is 46.0 Å². The molecule has 210 valence electrons. The Kier molecular flexibility index (Phi) is 12.8. The second-order valence-corrected chi connectivity index (χ2v) is 9.93. The van der Waals surface area contributed by atoms with Gasteiger partial charge in [0.05, 0.1) is 26.4 Å². The Bertz CT molecular complexity index is 1150. The third-order valence-corrected chi connectivity index (χ3v) is 6.85. The maximum absolute atomic E-state index is 12.5. The summed E-state index contributed by atoms with van der Waals surface area (Å²) in [5.41, 5.74) is 2.10. The molecule has 0 radical (unpaired) electrons. The molecule has 1 fully saturated rings. The van der Waals surface area contributed by atoms with E-state index < -0.39 is 5.91 Å². The lowest BCUT2D eigenvalue weighted by atomic mass is 10.0. The van der Waals surface area contributed by atoms with E-state index in [0.29, 0.717) is 38.8 Å². The molecule has 8 nitrogen and oxygen atoms in total. The summed E-state index contributed by atoms with van der Waals surface area (Å²) in [4.78, 5) is 26.5. The van der Waals surface area contributed by atoms with E-state index in [4.69, 9.17) is 14.2 Å². The summed E-state index contributed by atoms with van der Waals surface area (Å²) in [6.07, 6.45) is 6.76. The van der Waals surface area contributed by atoms with Crippen molar-refractivity contribution >= 4 is 34.4 Å². The van der Waals surface area contributed by atoms with Gasteiger partial charge in [0.1, 0.15) is 18.2 Å². The minimum absolute atomic E-state index is 0.0468. The predicted octanol–water partition coefficient (Wildman–Crippen LogP) is 4.87. The second-order valence-electron chi connectivity index (χ2n) is 9.93. The fourth-order valence-electron chi connectivity index (χ4n) is 4.36. The van der Waals surface area contributed by atoms with E-state index in [2.05, 4.69) is 28.4 Å². The third kappa shape index (κ3) is 10.3. The highest BCUT2D eigenvalue weighted by molar-refractivity contribution is 6.02. The van der Waals surface area contributed by atoms with E-state index in [0.717, 1.165) is 35.8 Å². The molecule has 1 N–H and O–H groups in total. The first-order chi connectivity index (χ1) is 19.0. The normalized spacial score (nSPS) is 14.6. The molecule has 39 heavy (non-hydrogen) atoms. The van der Waals surface area contributed by atoms with Gasteiger partial charge < -0.3 is 24.4 Å². The molecule has 8 heteroatoms. The van der Waals surface area contributed by atoms with Gasteiger partial charge in [0.25, 0.3) is 5.91 Å². The Balaban J connectivity index is 1.35. The molecular formula is C31H41N3O5. The first-order valence-electron chi connectivity index (χ1n) is 14.0. The van der Waals surface area contributed by atoms with Crippen molar-refractivity contribution in [3.63, 3.8) is 0 Å². The van der Waals surface area contributed by atoms with Crippen LogP contribution in [0.15, 0.2) is 42.0 Å². The lowest BCUT2D eigenvalue weighted by molar-refractivity contribution is -0.146. The second kappa shape index (κ2) is 16.5. The fraction of sp³-hybridized carbons (Fsp3) is 0.516. The number of esters is 1. The summed E-state index contributed by atoms with van der Waals surface area (Å²) in [6, 6.07) is 14.4. The van der Waals surface area contributed by atoms with Gasteiger partial charge in [-0.2, -0.15) is 5.26 Å². The van der Waals surface area contributed by atoms with E-state index in [1.807, 2.05) is 38.1 Å². The number of carbonyl (C=O) groups excluding carboxylic acids is 2. The van der Waals surface area contributed by atoms with Gasteiger partial charge in [-0.25, -0.2) is 0 Å². The average molecular weight is 536 g/mol. The largest absolute Gasteiger partial charge is 0.463 e. The van der Waals surface area contributed by atoms with Crippen LogP contribution in [0.5, 0.6) is 0 Å². The maximum Gasteiger partial charge on any atom is 0.306 e. The van der Waals surface area contributed by atoms with Gasteiger partial charge in [-0.3, -0.25) is 9.59 Å². The summed E-state index contributed by atoms with van der Waals surface area (Å²) in [6.45, 7) is 8.10. The molecular weight excluding hydrogens is 494 g/mol. The Morgan fingerprint density at radius 1 is 1.00 bits per heavy atom. The van der Waals surface area contributed by atoms with Crippen molar-refractivity contribution < 1.29 is 23.8 Å². The number of amides is 1. The molecule has 2 aromatic rings. The first kappa shape index (κ1) is 30.1. The Labute approximate surface area is 231 Å². The zero-order valence-electron chi connectivity index (χ0n) is 23.2. The molecule has 1 aliphatic heterocycles. The molecule has 1 amide bonds. The summed E-state index contributed by atoms with van der Waals surface area (Å²) in [5, 5.41) is 14.5. The van der Waals surface area contributed by atoms with Crippen LogP contribution in [0.25, 0.3) is 16.8 Å². The number of nitrogens with zero attached hydrogens (tertiary/aromatic N) is 2. The zero-order valence-corrected chi connectivity index (χ0v) is 23.2. The average Bonchev–Trinajstić information content (AvgIpc) is 2.96. The number of anilines is 1. The fourth-order valence-corrected chi connectivity index (χ4v) is 4.36. The number of fused-ring (bicyclic) bond motifs is 1. The van der Waals surface area contributed by atoms with Gasteiger partial charge in [-0.15, -0.1) is 0 Å². The molecule has 0 saturated carbocycles. The van der Waals surface area contributed by atoms with Crippen molar-refractivity contribution in [3.8, 4) is 6.07 Å². The SMILES string of the molecule is CCC(C)CC(=O)OCCOCCOCCNC(=O)/C(C#N)=C/c1ccc2cc(N3CCCCC3)ccc2c1. The van der Waals surface area contributed by atoms with Crippen LogP contribution in [-0.2, 0) is 23.8 Å². The smallest absolute Gasteiger partial charge is 0.306 e. The van der Waals surface area contributed by atoms with Gasteiger partial charge >= 0.3 is 5.97 Å². The van der Waals surface area contributed by atoms with Crippen molar-refractivity contribution in [3.05, 3.63) is 47.5 Å². The lowest BCUT2D eigenvalue weighted by Crippen LogP contribution is -2.29. The zero-order chi connectivity index (χ0) is 27.9. The Morgan fingerprint density at radius 2 is 1.69 bits per heavy atom. The molecule has 1 atom stereocenters. The van der Waals surface area contributed by atoms with Crippen LogP contribution in [0.3, 0.4) is 0 Å². The van der Waals surface area contributed by atoms with E-state index >= 15 is 0 Å². The highest BCUT2D eigenvalue weighted by Gasteiger charge is 2.12. The van der Waals surface area contributed by atoms with Gasteiger partial charge in [-0.05, 0) is 65.8 Å². The van der Waals surface area contributed by atoms with E-state index in [1.165, 1.54) is 24.9 Å². The minimum atomic E-state index is -0.433. The van der Waals surface area contributed by atoms with Gasteiger partial charge in [-0.1, -0.05) is 38.5 Å². The highest BCUT2D eigenvalue weighted by atomic mass is 16.6. The number of hydrogen-bond donors (Lipinski definition) is 1. The van der Waals surface area contributed by atoms with Crippen LogP contribution in [-0.4, -0.2) is 64.5 Å². The summed E-state index contributed by atoms with van der Waals surface area (Å²) in [5.74, 6) is -0.311. The van der Waals surface area contributed by atoms with Gasteiger partial charge in [0.15, 0.2) is 0 Å². The topological polar surface area (TPSA) is 101 Å². The number of nitriles is 1. The number of benzene rings is 2. The van der Waals surface area contributed by atoms with Crippen LogP contribution in [0.2, 0.25) is 0 Å². The van der Waals surface area contributed by atoms with Crippen molar-refractivity contribution in [2.75, 3.05) is 57.6 Å². The molecule has 3 rings (SSSR count). The predicted molar refractivity (Wildman–Crippen MR) is 153 cm³/mol. The first-order valence-corrected chi connectivity index (χ1v) is 14.0. The van der Waals surface area contributed by atoms with E-state index in [1.54, 1.807) is 6.08 Å². The lowest BCUT2D eigenvalue weighted by Gasteiger charge is -2.29. The minimum Gasteiger partial charge on any atom is -0.463 e. The molecule has 1 unspecified atom stereocenters. The third-order valence-electron chi connectivity index (χ3n) is 6.85. The highest BCUT2D eigenvalue weighted by Crippen LogP contribution is 2.26. The number of piperidine rings is 1. The molecule has 0 aliphatic carbocycles. The number of rotatable bonds is 15. The van der Waals surface area contributed by atoms with Crippen molar-refractivity contribution in [2.24, 2.45) is 5.92 Å². The molecule has 0 spiro atoms. The quantitative estimate of drug-likeness (QED) is 0.150. The van der Waals surface area contributed by atoms with Gasteiger partial charge in [0, 0.05) is 31.7 Å². The summed E-state index contributed by atoms with van der Waals surface area (Å²) >= 11 is 0. The number of nitrogens with one attached hydrogen (secondary N) is 1. The number of hydrogen-bond acceptors (Lipinski definition) is 7. The van der Waals surface area contributed by atoms with E-state index in [-0.39, 0.29) is 24.7 Å². The van der Waals surface area contributed by atoms with Crippen LogP contribution in [0, 0.1) is 17.2 Å². The molecule has 2 aromatic carbocycles. The van der Waals surface area contributed by atoms with Crippen molar-refractivity contribution in [1.29, 1.82) is 5.26 Å². The molecule has 1 heterocycles. The molecule has 0 aromatic heterocycles. The summed E-state index contributed by atoms with van der Waals surface area (Å²) < 4.78 is 16.0. The molecule has 1 aliphatic rings. The summed E-state index contributed by atoms with van der Waals surface area (Å²) in [7, 11) is 0.